The molecule has 0 bridgehead atoms. The second kappa shape index (κ2) is 3.94. The van der Waals surface area contributed by atoms with Gasteiger partial charge < -0.3 is 10.5 Å². The van der Waals surface area contributed by atoms with Crippen molar-refractivity contribution in [3.63, 3.8) is 0 Å². The minimum Gasteiger partial charge on any atom is -0.504 e. The Kier molecular flexibility index (Phi) is 2.90. The number of ether oxygens (including phenoxy) is 1. The highest BCUT2D eigenvalue weighted by Crippen LogP contribution is 2.19. The van der Waals surface area contributed by atoms with Crippen LogP contribution in [-0.2, 0) is 4.74 Å². The van der Waals surface area contributed by atoms with Gasteiger partial charge >= 0.3 is 0 Å². The summed E-state index contributed by atoms with van der Waals surface area (Å²) in [5.41, 5.74) is 8.72. The first-order valence-corrected chi connectivity index (χ1v) is 4.07. The molecule has 0 radical (unpaired) electrons. The van der Waals surface area contributed by atoms with Crippen molar-refractivity contribution < 1.29 is 4.74 Å². The average molecular weight is 178 g/mol. The molecule has 1 aromatic rings. The first kappa shape index (κ1) is 9.58. The van der Waals surface area contributed by atoms with Crippen LogP contribution >= 0.6 is 0 Å². The van der Waals surface area contributed by atoms with Crippen molar-refractivity contribution in [1.82, 2.24) is 4.98 Å². The van der Waals surface area contributed by atoms with Crippen LogP contribution in [0.4, 0.5) is 5.82 Å². The van der Waals surface area contributed by atoms with Gasteiger partial charge in [0, 0.05) is 11.8 Å². The van der Waals surface area contributed by atoms with Crippen molar-refractivity contribution in [3.05, 3.63) is 29.7 Å². The fourth-order valence-corrected chi connectivity index (χ4v) is 1.14. The lowest BCUT2D eigenvalue weighted by atomic mass is 10.1. The monoisotopic (exact) mass is 178 g/mol. The molecule has 0 atom stereocenters. The topological polar surface area (TPSA) is 48.1 Å². The second-order valence-corrected chi connectivity index (χ2v) is 2.98. The fraction of sp³-hybridized carbons (Fsp3) is 0.300. The number of nitrogens with zero attached hydrogens (tertiary/aromatic N) is 1. The van der Waals surface area contributed by atoms with Crippen LogP contribution in [0.2, 0.25) is 0 Å². The van der Waals surface area contributed by atoms with E-state index < -0.39 is 0 Å². The Morgan fingerprint density at radius 1 is 1.62 bits per heavy atom. The molecule has 0 aliphatic rings. The van der Waals surface area contributed by atoms with E-state index in [2.05, 4.69) is 4.98 Å². The van der Waals surface area contributed by atoms with Gasteiger partial charge in [0.15, 0.2) is 0 Å². The SMILES string of the molecule is CO/C=C(\C)c1cc(C)cnc1N. The Balaban J connectivity index is 3.13. The summed E-state index contributed by atoms with van der Waals surface area (Å²) in [7, 11) is 1.61. The van der Waals surface area contributed by atoms with E-state index in [1.165, 1.54) is 0 Å². The second-order valence-electron chi connectivity index (χ2n) is 2.98. The van der Waals surface area contributed by atoms with Crippen LogP contribution in [0.1, 0.15) is 18.1 Å². The Hall–Kier alpha value is -1.51. The number of aryl methyl sites for hydroxylation is 1. The van der Waals surface area contributed by atoms with Crippen molar-refractivity contribution in [2.45, 2.75) is 13.8 Å². The zero-order valence-corrected chi connectivity index (χ0v) is 8.16. The van der Waals surface area contributed by atoms with E-state index in [1.54, 1.807) is 19.6 Å². The number of allylic oxidation sites excluding steroid dienone is 1. The predicted molar refractivity (Wildman–Crippen MR) is 54.0 cm³/mol. The zero-order chi connectivity index (χ0) is 9.84. The highest BCUT2D eigenvalue weighted by Gasteiger charge is 2.02. The summed E-state index contributed by atoms with van der Waals surface area (Å²) in [4.78, 5) is 4.06. The Labute approximate surface area is 78.2 Å². The molecule has 2 N–H and O–H groups in total. The number of methoxy groups -OCH3 is 1. The molecule has 0 spiro atoms. The number of pyridine rings is 1. The molecule has 70 valence electrons. The summed E-state index contributed by atoms with van der Waals surface area (Å²) in [6.45, 7) is 3.92. The summed E-state index contributed by atoms with van der Waals surface area (Å²) in [5, 5.41) is 0. The van der Waals surface area contributed by atoms with Gasteiger partial charge in [0.05, 0.1) is 13.4 Å². The molecule has 0 saturated heterocycles. The number of hydrogen-bond donors (Lipinski definition) is 1. The van der Waals surface area contributed by atoms with Gasteiger partial charge in [-0.1, -0.05) is 0 Å². The first-order chi connectivity index (χ1) is 6.15. The summed E-state index contributed by atoms with van der Waals surface area (Å²) in [5.74, 6) is 0.538. The largest absolute Gasteiger partial charge is 0.504 e. The van der Waals surface area contributed by atoms with E-state index in [0.29, 0.717) is 5.82 Å². The third-order valence-corrected chi connectivity index (χ3v) is 1.77. The van der Waals surface area contributed by atoms with E-state index in [0.717, 1.165) is 16.7 Å². The standard InChI is InChI=1S/C10H14N2O/c1-7-4-9(8(2)6-13-3)10(11)12-5-7/h4-6H,1-3H3,(H2,11,12)/b8-6+. The number of anilines is 1. The summed E-state index contributed by atoms with van der Waals surface area (Å²) >= 11 is 0. The predicted octanol–water partition coefficient (Wildman–Crippen LogP) is 1.98. The molecule has 0 aromatic carbocycles. The summed E-state index contributed by atoms with van der Waals surface area (Å²) in [6.07, 6.45) is 3.41. The lowest BCUT2D eigenvalue weighted by molar-refractivity contribution is 0.339. The maximum Gasteiger partial charge on any atom is 0.131 e. The Morgan fingerprint density at radius 2 is 2.31 bits per heavy atom. The maximum absolute atomic E-state index is 5.71. The lowest BCUT2D eigenvalue weighted by Crippen LogP contribution is -1.96. The Bertz CT molecular complexity index is 332. The molecule has 0 fully saturated rings. The third-order valence-electron chi connectivity index (χ3n) is 1.77. The van der Waals surface area contributed by atoms with Crippen LogP contribution in [0.3, 0.4) is 0 Å². The average Bonchev–Trinajstić information content (AvgIpc) is 2.09. The van der Waals surface area contributed by atoms with E-state index in [9.17, 15) is 0 Å². The highest BCUT2D eigenvalue weighted by atomic mass is 16.5. The van der Waals surface area contributed by atoms with Crippen LogP contribution < -0.4 is 5.73 Å². The molecule has 0 aliphatic heterocycles. The van der Waals surface area contributed by atoms with Gasteiger partial charge in [-0.05, 0) is 31.1 Å². The molecule has 1 heterocycles. The van der Waals surface area contributed by atoms with Gasteiger partial charge in [0.1, 0.15) is 5.82 Å². The van der Waals surface area contributed by atoms with Gasteiger partial charge in [0.2, 0.25) is 0 Å². The van der Waals surface area contributed by atoms with Gasteiger partial charge in [-0.3, -0.25) is 0 Å². The van der Waals surface area contributed by atoms with Crippen molar-refractivity contribution in [2.75, 3.05) is 12.8 Å². The molecular formula is C10H14N2O. The van der Waals surface area contributed by atoms with Crippen molar-refractivity contribution >= 4 is 11.4 Å². The molecule has 13 heavy (non-hydrogen) atoms. The molecule has 3 nitrogen and oxygen atoms in total. The van der Waals surface area contributed by atoms with Crippen LogP contribution in [0.25, 0.3) is 5.57 Å². The number of nitrogen functional groups attached to an aromatic ring is 1. The van der Waals surface area contributed by atoms with Crippen molar-refractivity contribution in [1.29, 1.82) is 0 Å². The zero-order valence-electron chi connectivity index (χ0n) is 8.16. The number of rotatable bonds is 2. The van der Waals surface area contributed by atoms with Gasteiger partial charge in [0.25, 0.3) is 0 Å². The van der Waals surface area contributed by atoms with E-state index in [1.807, 2.05) is 19.9 Å². The van der Waals surface area contributed by atoms with Crippen LogP contribution in [0.15, 0.2) is 18.5 Å². The van der Waals surface area contributed by atoms with Crippen molar-refractivity contribution in [2.24, 2.45) is 0 Å². The molecule has 0 amide bonds. The minimum atomic E-state index is 0.538. The molecule has 1 aromatic heterocycles. The van der Waals surface area contributed by atoms with E-state index in [-0.39, 0.29) is 0 Å². The molecule has 0 unspecified atom stereocenters. The molecular weight excluding hydrogens is 164 g/mol. The van der Waals surface area contributed by atoms with Crippen LogP contribution in [0, 0.1) is 6.92 Å². The molecule has 1 rings (SSSR count). The van der Waals surface area contributed by atoms with Crippen molar-refractivity contribution in [3.8, 4) is 0 Å². The maximum atomic E-state index is 5.71. The lowest BCUT2D eigenvalue weighted by Gasteiger charge is -2.05. The minimum absolute atomic E-state index is 0.538. The van der Waals surface area contributed by atoms with Gasteiger partial charge in [-0.25, -0.2) is 4.98 Å². The quantitative estimate of drug-likeness (QED) is 0.704. The van der Waals surface area contributed by atoms with Crippen LogP contribution in [-0.4, -0.2) is 12.1 Å². The highest BCUT2D eigenvalue weighted by molar-refractivity contribution is 5.71. The van der Waals surface area contributed by atoms with Gasteiger partial charge in [-0.15, -0.1) is 0 Å². The summed E-state index contributed by atoms with van der Waals surface area (Å²) < 4.78 is 4.91. The summed E-state index contributed by atoms with van der Waals surface area (Å²) in [6, 6.07) is 1.99. The normalized spacial score (nSPS) is 11.5. The van der Waals surface area contributed by atoms with Crippen LogP contribution in [0.5, 0.6) is 0 Å². The van der Waals surface area contributed by atoms with Gasteiger partial charge in [-0.2, -0.15) is 0 Å². The smallest absolute Gasteiger partial charge is 0.131 e. The third kappa shape index (κ3) is 2.21. The van der Waals surface area contributed by atoms with E-state index in [4.69, 9.17) is 10.5 Å². The molecule has 0 aliphatic carbocycles. The Morgan fingerprint density at radius 3 is 2.92 bits per heavy atom. The fourth-order valence-electron chi connectivity index (χ4n) is 1.14. The number of aromatic nitrogens is 1. The number of hydrogen-bond acceptors (Lipinski definition) is 3. The molecule has 3 heteroatoms. The number of nitrogens with two attached hydrogens (primary N) is 1. The first-order valence-electron chi connectivity index (χ1n) is 4.07. The molecule has 0 saturated carbocycles. The van der Waals surface area contributed by atoms with E-state index >= 15 is 0 Å².